The number of carboxylic acids is 1. The molecule has 0 radical (unpaired) electrons. The molecule has 1 aliphatic heterocycles. The van der Waals surface area contributed by atoms with Crippen LogP contribution < -0.4 is 5.32 Å². The summed E-state index contributed by atoms with van der Waals surface area (Å²) in [5.74, 6) is -0.670. The Hall–Kier alpha value is -3.13. The molecule has 5 rings (SSSR count). The molecule has 3 aromatic rings. The van der Waals surface area contributed by atoms with Crippen LogP contribution in [-0.2, 0) is 38.8 Å². The van der Waals surface area contributed by atoms with Gasteiger partial charge in [0.2, 0.25) is 5.91 Å². The van der Waals surface area contributed by atoms with E-state index in [1.54, 1.807) is 10.6 Å². The predicted octanol–water partition coefficient (Wildman–Crippen LogP) is 3.30. The molecule has 7 nitrogen and oxygen atoms in total. The van der Waals surface area contributed by atoms with Crippen LogP contribution in [0.3, 0.4) is 0 Å². The van der Waals surface area contributed by atoms with Crippen molar-refractivity contribution in [3.8, 4) is 0 Å². The Morgan fingerprint density at radius 3 is 2.66 bits per heavy atom. The number of benzene rings is 2. The number of anilines is 1. The molecule has 1 aromatic heterocycles. The van der Waals surface area contributed by atoms with Gasteiger partial charge in [0.1, 0.15) is 6.54 Å². The minimum absolute atomic E-state index is 0.0208. The number of carboxylic acid groups (broad SMARTS) is 1. The van der Waals surface area contributed by atoms with Gasteiger partial charge in [-0.1, -0.05) is 12.1 Å². The summed E-state index contributed by atoms with van der Waals surface area (Å²) in [6.45, 7) is 1.75. The molecule has 0 spiro atoms. The Morgan fingerprint density at radius 2 is 1.94 bits per heavy atom. The van der Waals surface area contributed by atoms with Gasteiger partial charge in [-0.2, -0.15) is 0 Å². The van der Waals surface area contributed by atoms with Gasteiger partial charge in [0.05, 0.1) is 10.6 Å². The van der Waals surface area contributed by atoms with Crippen molar-refractivity contribution in [3.05, 3.63) is 58.8 Å². The molecule has 1 fully saturated rings. The molecule has 0 saturated heterocycles. The fraction of sp³-hybridized carbons (Fsp3) is 0.333. The molecule has 2 heterocycles. The lowest BCUT2D eigenvalue weighted by Gasteiger charge is -2.07. The zero-order chi connectivity index (χ0) is 22.6. The van der Waals surface area contributed by atoms with Crippen LogP contribution >= 0.6 is 0 Å². The second kappa shape index (κ2) is 7.48. The molecule has 0 atom stereocenters. The maximum absolute atomic E-state index is 12.2. The minimum atomic E-state index is -3.18. The van der Waals surface area contributed by atoms with E-state index in [0.717, 1.165) is 46.1 Å². The lowest BCUT2D eigenvalue weighted by Crippen LogP contribution is -2.13. The molecule has 0 unspecified atom stereocenters. The van der Waals surface area contributed by atoms with Gasteiger partial charge >= 0.3 is 5.97 Å². The van der Waals surface area contributed by atoms with Crippen LogP contribution in [0.1, 0.15) is 35.2 Å². The van der Waals surface area contributed by atoms with Crippen LogP contribution in [-0.4, -0.2) is 35.7 Å². The highest BCUT2D eigenvalue weighted by Gasteiger charge is 2.30. The van der Waals surface area contributed by atoms with Gasteiger partial charge in [-0.15, -0.1) is 0 Å². The number of sulfone groups is 1. The molecule has 2 N–H and O–H groups in total. The van der Waals surface area contributed by atoms with Crippen molar-refractivity contribution in [3.63, 3.8) is 0 Å². The Balaban J connectivity index is 1.56. The van der Waals surface area contributed by atoms with Crippen molar-refractivity contribution in [1.29, 1.82) is 0 Å². The number of amides is 1. The number of aromatic nitrogens is 1. The zero-order valence-electron chi connectivity index (χ0n) is 17.7. The second-order valence-electron chi connectivity index (χ2n) is 8.73. The smallest absolute Gasteiger partial charge is 0.323 e. The number of nitrogens with zero attached hydrogens (tertiary/aromatic N) is 1. The third-order valence-electron chi connectivity index (χ3n) is 6.44. The topological polar surface area (TPSA) is 105 Å². The molecule has 1 amide bonds. The van der Waals surface area contributed by atoms with E-state index in [4.69, 9.17) is 0 Å². The molecule has 32 heavy (non-hydrogen) atoms. The van der Waals surface area contributed by atoms with E-state index in [9.17, 15) is 23.1 Å². The van der Waals surface area contributed by atoms with E-state index >= 15 is 0 Å². The summed E-state index contributed by atoms with van der Waals surface area (Å²) in [6, 6.07) is 11.0. The number of carbonyl (C=O) groups excluding carboxylic acids is 1. The van der Waals surface area contributed by atoms with Gasteiger partial charge < -0.3 is 15.0 Å². The molecular formula is C24H24N2O5S. The first-order valence-electron chi connectivity index (χ1n) is 10.7. The van der Waals surface area contributed by atoms with Gasteiger partial charge in [-0.25, -0.2) is 8.42 Å². The van der Waals surface area contributed by atoms with Gasteiger partial charge in [0.15, 0.2) is 9.84 Å². The number of rotatable bonds is 6. The van der Waals surface area contributed by atoms with E-state index in [-0.39, 0.29) is 24.1 Å². The van der Waals surface area contributed by atoms with E-state index in [0.29, 0.717) is 23.4 Å². The van der Waals surface area contributed by atoms with Crippen molar-refractivity contribution in [2.24, 2.45) is 5.92 Å². The standard InChI is InChI=1S/C24H24N2O5S/c1-14-19(11-15-2-7-22-17(10-15)8-9-32(22,30)31)20-12-18(25-24(29)16-3-4-16)5-6-21(20)26(14)13-23(27)28/h2,5-7,10,12,16H,3-4,8-9,11,13H2,1H3,(H,25,29)(H,27,28). The zero-order valence-corrected chi connectivity index (χ0v) is 18.5. The van der Waals surface area contributed by atoms with Crippen LogP contribution in [0.5, 0.6) is 0 Å². The van der Waals surface area contributed by atoms with Gasteiger partial charge in [0, 0.05) is 28.2 Å². The van der Waals surface area contributed by atoms with Crippen LogP contribution in [0.25, 0.3) is 10.9 Å². The molecule has 166 valence electrons. The maximum Gasteiger partial charge on any atom is 0.323 e. The molecule has 0 bridgehead atoms. The van der Waals surface area contributed by atoms with E-state index in [1.165, 1.54) is 0 Å². The molecule has 1 saturated carbocycles. The van der Waals surface area contributed by atoms with Gasteiger partial charge in [-0.05, 0) is 73.6 Å². The van der Waals surface area contributed by atoms with E-state index in [1.807, 2.05) is 37.3 Å². The first-order valence-corrected chi connectivity index (χ1v) is 12.4. The highest BCUT2D eigenvalue weighted by atomic mass is 32.2. The molecule has 2 aliphatic rings. The molecule has 1 aliphatic carbocycles. The quantitative estimate of drug-likeness (QED) is 0.597. The summed E-state index contributed by atoms with van der Waals surface area (Å²) < 4.78 is 26.1. The summed E-state index contributed by atoms with van der Waals surface area (Å²) >= 11 is 0. The van der Waals surface area contributed by atoms with E-state index < -0.39 is 15.8 Å². The third kappa shape index (κ3) is 3.68. The summed E-state index contributed by atoms with van der Waals surface area (Å²) in [5.41, 5.74) is 5.14. The fourth-order valence-corrected chi connectivity index (χ4v) is 6.13. The van der Waals surface area contributed by atoms with Crippen molar-refractivity contribution in [2.45, 2.75) is 44.0 Å². The molecule has 2 aromatic carbocycles. The lowest BCUT2D eigenvalue weighted by atomic mass is 9.99. The first-order chi connectivity index (χ1) is 15.2. The summed E-state index contributed by atoms with van der Waals surface area (Å²) in [5, 5.41) is 13.3. The summed E-state index contributed by atoms with van der Waals surface area (Å²) in [6.07, 6.45) is 2.90. The molecule has 8 heteroatoms. The Kier molecular flexibility index (Phi) is 4.85. The summed E-state index contributed by atoms with van der Waals surface area (Å²) in [7, 11) is -3.18. The van der Waals surface area contributed by atoms with Crippen LogP contribution in [0.4, 0.5) is 5.69 Å². The van der Waals surface area contributed by atoms with Gasteiger partial charge in [0.25, 0.3) is 0 Å². The normalized spacial score (nSPS) is 16.8. The number of aliphatic carboxylic acids is 1. The number of carbonyl (C=O) groups is 2. The highest BCUT2D eigenvalue weighted by molar-refractivity contribution is 7.91. The van der Waals surface area contributed by atoms with Crippen molar-refractivity contribution in [2.75, 3.05) is 11.1 Å². The number of nitrogens with one attached hydrogen (secondary N) is 1. The Labute approximate surface area is 186 Å². The van der Waals surface area contributed by atoms with Crippen LogP contribution in [0.15, 0.2) is 41.3 Å². The van der Waals surface area contributed by atoms with Crippen molar-refractivity contribution in [1.82, 2.24) is 4.57 Å². The predicted molar refractivity (Wildman–Crippen MR) is 121 cm³/mol. The third-order valence-corrected chi connectivity index (χ3v) is 8.25. The SMILES string of the molecule is Cc1c(Cc2ccc3c(c2)CCS3(=O)=O)c2cc(NC(=O)C3CC3)ccc2n1CC(=O)O. The monoisotopic (exact) mass is 452 g/mol. The largest absolute Gasteiger partial charge is 0.480 e. The van der Waals surface area contributed by atoms with Crippen molar-refractivity contribution < 1.29 is 23.1 Å². The van der Waals surface area contributed by atoms with Crippen molar-refractivity contribution >= 4 is 38.3 Å². The number of fused-ring (bicyclic) bond motifs is 2. The Morgan fingerprint density at radius 1 is 1.16 bits per heavy atom. The number of hydrogen-bond donors (Lipinski definition) is 2. The number of hydrogen-bond acceptors (Lipinski definition) is 4. The maximum atomic E-state index is 12.2. The second-order valence-corrected chi connectivity index (χ2v) is 10.8. The fourth-order valence-electron chi connectivity index (χ4n) is 4.58. The average molecular weight is 453 g/mol. The molecular weight excluding hydrogens is 428 g/mol. The average Bonchev–Trinajstić information content (AvgIpc) is 3.51. The summed E-state index contributed by atoms with van der Waals surface area (Å²) in [4.78, 5) is 24.1. The van der Waals surface area contributed by atoms with Gasteiger partial charge in [-0.3, -0.25) is 9.59 Å². The highest BCUT2D eigenvalue weighted by Crippen LogP contribution is 2.34. The minimum Gasteiger partial charge on any atom is -0.480 e. The van der Waals surface area contributed by atoms with E-state index in [2.05, 4.69) is 5.32 Å². The van der Waals surface area contributed by atoms with Crippen LogP contribution in [0, 0.1) is 12.8 Å². The number of aryl methyl sites for hydroxylation is 1. The van der Waals surface area contributed by atoms with Crippen LogP contribution in [0.2, 0.25) is 0 Å². The lowest BCUT2D eigenvalue weighted by molar-refractivity contribution is -0.137. The Bertz CT molecular complexity index is 1380. The first kappa shape index (κ1) is 20.8.